The smallest absolute Gasteiger partial charge is 0.148 e. The number of nitrogens with zero attached hydrogens (tertiary/aromatic N) is 4. The fraction of sp³-hybridized carbons (Fsp3) is 0.267. The van der Waals surface area contributed by atoms with Crippen molar-refractivity contribution in [1.29, 1.82) is 0 Å². The van der Waals surface area contributed by atoms with Crippen LogP contribution in [0.3, 0.4) is 0 Å². The molecular formula is C45H45N4OPt-. The van der Waals surface area contributed by atoms with Gasteiger partial charge in [-0.2, -0.15) is 0 Å². The van der Waals surface area contributed by atoms with Crippen LogP contribution in [0.15, 0.2) is 104 Å². The predicted molar refractivity (Wildman–Crippen MR) is 207 cm³/mol. The molecule has 7 rings (SSSR count). The molecule has 0 unspecified atom stereocenters. The monoisotopic (exact) mass is 852 g/mol. The van der Waals surface area contributed by atoms with E-state index >= 15 is 0 Å². The maximum absolute atomic E-state index is 11.4. The molecule has 51 heavy (non-hydrogen) atoms. The molecule has 0 aliphatic heterocycles. The van der Waals surface area contributed by atoms with Crippen molar-refractivity contribution in [3.05, 3.63) is 126 Å². The minimum absolute atomic E-state index is 0. The number of hydrogen-bond acceptors (Lipinski definition) is 4. The summed E-state index contributed by atoms with van der Waals surface area (Å²) in [4.78, 5) is 14.6. The summed E-state index contributed by atoms with van der Waals surface area (Å²) in [6, 6.07) is 33.1. The third kappa shape index (κ3) is 6.89. The van der Waals surface area contributed by atoms with Crippen molar-refractivity contribution < 1.29 is 26.2 Å². The Hall–Kier alpha value is -4.60. The molecule has 4 aromatic carbocycles. The summed E-state index contributed by atoms with van der Waals surface area (Å²) in [5.41, 5.74) is 11.5. The first kappa shape index (κ1) is 36.2. The van der Waals surface area contributed by atoms with Gasteiger partial charge in [0.2, 0.25) is 0 Å². The van der Waals surface area contributed by atoms with Gasteiger partial charge in [0.1, 0.15) is 11.6 Å². The number of rotatable bonds is 4. The van der Waals surface area contributed by atoms with E-state index < -0.39 is 0 Å². The minimum atomic E-state index is -0.149. The molecule has 6 heteroatoms. The average Bonchev–Trinajstić information content (AvgIpc) is 3.46. The zero-order valence-corrected chi connectivity index (χ0v) is 33.1. The molecule has 7 aromatic rings. The van der Waals surface area contributed by atoms with Crippen LogP contribution in [0.25, 0.3) is 61.3 Å². The zero-order chi connectivity index (χ0) is 35.6. The third-order valence-electron chi connectivity index (χ3n) is 9.61. The van der Waals surface area contributed by atoms with Crippen LogP contribution in [0.1, 0.15) is 79.0 Å². The zero-order valence-electron chi connectivity index (χ0n) is 30.9. The largest absolute Gasteiger partial charge is 0.507 e. The standard InChI is InChI=1S/C45H45N4O.Pt/c1-43(2,3)31-15-18-34(19-16-31)49-38-25-33(45(7,8)9)24-35(41(38)48-42(49)36-23-32(44(4,5)6)17-20-39(36)50)28-12-10-13-29(22-28)37-27-46-26-30-14-11-21-47-40(30)37;/h10-21,23-27,50H,1-9H3;/q-1;. The number of phenolic OH excluding ortho intramolecular Hbond substituents is 1. The molecule has 0 fully saturated rings. The molecule has 0 amide bonds. The maximum atomic E-state index is 11.4. The minimum Gasteiger partial charge on any atom is -0.507 e. The Kier molecular flexibility index (Phi) is 9.36. The van der Waals surface area contributed by atoms with Gasteiger partial charge in [0, 0.05) is 56.2 Å². The number of imidazole rings is 1. The molecule has 0 bridgehead atoms. The van der Waals surface area contributed by atoms with E-state index in [4.69, 9.17) is 9.97 Å². The van der Waals surface area contributed by atoms with Gasteiger partial charge in [-0.3, -0.25) is 14.5 Å². The number of aromatic nitrogens is 4. The van der Waals surface area contributed by atoms with Crippen molar-refractivity contribution in [2.24, 2.45) is 0 Å². The summed E-state index contributed by atoms with van der Waals surface area (Å²) in [6.45, 7) is 20.0. The third-order valence-corrected chi connectivity index (χ3v) is 9.61. The van der Waals surface area contributed by atoms with Gasteiger partial charge in [-0.05, 0) is 74.9 Å². The first-order valence-electron chi connectivity index (χ1n) is 17.3. The van der Waals surface area contributed by atoms with Gasteiger partial charge in [0.15, 0.2) is 0 Å². The first-order valence-corrected chi connectivity index (χ1v) is 17.3. The maximum Gasteiger partial charge on any atom is 0.148 e. The summed E-state index contributed by atoms with van der Waals surface area (Å²) in [5.74, 6) is 0.890. The van der Waals surface area contributed by atoms with Gasteiger partial charge in [-0.1, -0.05) is 98.2 Å². The first-order chi connectivity index (χ1) is 23.6. The van der Waals surface area contributed by atoms with Gasteiger partial charge in [0.05, 0.1) is 16.6 Å². The molecule has 0 saturated heterocycles. The molecule has 0 spiro atoms. The predicted octanol–water partition coefficient (Wildman–Crippen LogP) is 11.4. The molecule has 0 atom stereocenters. The topological polar surface area (TPSA) is 63.8 Å². The molecular weight excluding hydrogens is 808 g/mol. The number of pyridine rings is 2. The quantitative estimate of drug-likeness (QED) is 0.179. The van der Waals surface area contributed by atoms with E-state index in [0.29, 0.717) is 11.4 Å². The molecule has 5 nitrogen and oxygen atoms in total. The number of benzene rings is 4. The number of aromatic hydroxyl groups is 1. The van der Waals surface area contributed by atoms with Crippen LogP contribution in [-0.2, 0) is 37.3 Å². The van der Waals surface area contributed by atoms with Crippen LogP contribution in [0, 0.1) is 6.07 Å². The normalized spacial score (nSPS) is 12.3. The van der Waals surface area contributed by atoms with Gasteiger partial charge >= 0.3 is 0 Å². The van der Waals surface area contributed by atoms with Gasteiger partial charge in [-0.25, -0.2) is 4.98 Å². The Bertz CT molecular complexity index is 2380. The second-order valence-corrected chi connectivity index (χ2v) is 16.4. The molecule has 0 aliphatic carbocycles. The molecule has 3 aromatic heterocycles. The van der Waals surface area contributed by atoms with Crippen molar-refractivity contribution in [2.45, 2.75) is 78.6 Å². The van der Waals surface area contributed by atoms with Crippen LogP contribution in [0.2, 0.25) is 0 Å². The van der Waals surface area contributed by atoms with Crippen LogP contribution in [-0.4, -0.2) is 24.6 Å². The van der Waals surface area contributed by atoms with E-state index in [-0.39, 0.29) is 43.1 Å². The fourth-order valence-electron chi connectivity index (χ4n) is 6.53. The van der Waals surface area contributed by atoms with E-state index in [9.17, 15) is 5.11 Å². The van der Waals surface area contributed by atoms with Crippen LogP contribution < -0.4 is 0 Å². The summed E-state index contributed by atoms with van der Waals surface area (Å²) < 4.78 is 2.21. The van der Waals surface area contributed by atoms with Gasteiger partial charge in [-0.15, -0.1) is 35.4 Å². The van der Waals surface area contributed by atoms with Crippen LogP contribution in [0.4, 0.5) is 0 Å². The van der Waals surface area contributed by atoms with Crippen molar-refractivity contribution in [2.75, 3.05) is 0 Å². The summed E-state index contributed by atoms with van der Waals surface area (Å²) in [7, 11) is 0. The Labute approximate surface area is 316 Å². The molecule has 0 aliphatic rings. The van der Waals surface area contributed by atoms with Gasteiger partial charge < -0.3 is 5.11 Å². The summed E-state index contributed by atoms with van der Waals surface area (Å²) in [6.07, 6.45) is 5.53. The molecule has 1 N–H and O–H groups in total. The van der Waals surface area contributed by atoms with E-state index in [1.54, 1.807) is 6.07 Å². The Morgan fingerprint density at radius 1 is 0.608 bits per heavy atom. The Morgan fingerprint density at radius 3 is 1.90 bits per heavy atom. The molecule has 0 saturated carbocycles. The Balaban J connectivity index is 0.00000448. The number of fused-ring (bicyclic) bond motifs is 2. The summed E-state index contributed by atoms with van der Waals surface area (Å²) >= 11 is 0. The van der Waals surface area contributed by atoms with Crippen molar-refractivity contribution in [3.63, 3.8) is 0 Å². The van der Waals surface area contributed by atoms with E-state index in [1.807, 2.05) is 36.8 Å². The fourth-order valence-corrected chi connectivity index (χ4v) is 6.53. The van der Waals surface area contributed by atoms with Crippen LogP contribution in [0.5, 0.6) is 5.75 Å². The average molecular weight is 853 g/mol. The molecule has 3 heterocycles. The SMILES string of the molecule is CC(C)(C)c1ccc(-n2c(-c3cc(C(C)(C)C)ccc3O)nc3c(-c4[c-]c(-c5cncc6cccnc56)ccc4)cc(C(C)(C)C)cc32)cc1.[Pt]. The van der Waals surface area contributed by atoms with E-state index in [2.05, 4.69) is 139 Å². The van der Waals surface area contributed by atoms with Crippen molar-refractivity contribution >= 4 is 21.9 Å². The van der Waals surface area contributed by atoms with Crippen molar-refractivity contribution in [1.82, 2.24) is 19.5 Å². The second-order valence-electron chi connectivity index (χ2n) is 16.4. The van der Waals surface area contributed by atoms with Crippen molar-refractivity contribution in [3.8, 4) is 45.1 Å². The second kappa shape index (κ2) is 13.2. The molecule has 0 radical (unpaired) electrons. The summed E-state index contributed by atoms with van der Waals surface area (Å²) in [5, 5.41) is 12.4. The molecule has 262 valence electrons. The van der Waals surface area contributed by atoms with E-state index in [0.717, 1.165) is 55.4 Å². The van der Waals surface area contributed by atoms with E-state index in [1.165, 1.54) is 11.1 Å². The van der Waals surface area contributed by atoms with Gasteiger partial charge in [0.25, 0.3) is 0 Å². The number of phenols is 1. The Morgan fingerprint density at radius 2 is 1.24 bits per heavy atom. The van der Waals surface area contributed by atoms with Crippen LogP contribution >= 0.6 is 0 Å². The number of hydrogen-bond donors (Lipinski definition) is 1.